The molecular formula is C19H16N4O. The monoisotopic (exact) mass is 316 g/mol. The third kappa shape index (κ3) is 2.79. The number of carbonyl (C=O) groups is 1. The van der Waals surface area contributed by atoms with Crippen LogP contribution in [0.4, 0.5) is 5.69 Å². The average molecular weight is 316 g/mol. The normalized spacial score (nSPS) is 10.8. The second-order valence-corrected chi connectivity index (χ2v) is 5.63. The van der Waals surface area contributed by atoms with E-state index >= 15 is 0 Å². The molecule has 0 aliphatic carbocycles. The number of nitrogens with zero attached hydrogens (tertiary/aromatic N) is 1. The molecule has 3 N–H and O–H groups in total. The number of rotatable bonds is 4. The Bertz CT molecular complexity index is 968. The lowest BCUT2D eigenvalue weighted by Crippen LogP contribution is -2.14. The molecule has 2 heterocycles. The Morgan fingerprint density at radius 3 is 2.67 bits per heavy atom. The summed E-state index contributed by atoms with van der Waals surface area (Å²) >= 11 is 0. The number of amides is 1. The maximum Gasteiger partial charge on any atom is 0.228 e. The van der Waals surface area contributed by atoms with E-state index < -0.39 is 0 Å². The Kier molecular flexibility index (Phi) is 3.59. The van der Waals surface area contributed by atoms with Crippen LogP contribution in [0.1, 0.15) is 5.56 Å². The molecule has 0 spiro atoms. The van der Waals surface area contributed by atoms with Gasteiger partial charge in [-0.05, 0) is 35.4 Å². The maximum atomic E-state index is 12.3. The van der Waals surface area contributed by atoms with Crippen molar-refractivity contribution < 1.29 is 4.79 Å². The zero-order valence-corrected chi connectivity index (χ0v) is 12.9. The van der Waals surface area contributed by atoms with E-state index in [1.165, 1.54) is 0 Å². The molecule has 0 atom stereocenters. The van der Waals surface area contributed by atoms with Gasteiger partial charge < -0.3 is 10.3 Å². The van der Waals surface area contributed by atoms with Crippen LogP contribution in [0.25, 0.3) is 22.2 Å². The number of aromatic amines is 2. The summed E-state index contributed by atoms with van der Waals surface area (Å²) in [4.78, 5) is 15.5. The number of hydrogen-bond donors (Lipinski definition) is 3. The van der Waals surface area contributed by atoms with Crippen LogP contribution in [0.5, 0.6) is 0 Å². The molecule has 5 heteroatoms. The first-order valence-electron chi connectivity index (χ1n) is 7.74. The third-order valence-corrected chi connectivity index (χ3v) is 4.01. The first kappa shape index (κ1) is 14.3. The number of hydrogen-bond acceptors (Lipinski definition) is 2. The van der Waals surface area contributed by atoms with E-state index in [2.05, 4.69) is 20.5 Å². The van der Waals surface area contributed by atoms with E-state index in [4.69, 9.17) is 0 Å². The van der Waals surface area contributed by atoms with Gasteiger partial charge in [-0.3, -0.25) is 9.89 Å². The van der Waals surface area contributed by atoms with Crippen molar-refractivity contribution in [1.82, 2.24) is 15.2 Å². The molecule has 118 valence electrons. The van der Waals surface area contributed by atoms with Crippen LogP contribution >= 0.6 is 0 Å². The first-order valence-corrected chi connectivity index (χ1v) is 7.74. The number of carbonyl (C=O) groups excluding carboxylic acids is 1. The average Bonchev–Trinajstić information content (AvgIpc) is 3.26. The van der Waals surface area contributed by atoms with Gasteiger partial charge in [0.1, 0.15) is 0 Å². The summed E-state index contributed by atoms with van der Waals surface area (Å²) in [6.45, 7) is 0. The lowest BCUT2D eigenvalue weighted by molar-refractivity contribution is -0.115. The zero-order chi connectivity index (χ0) is 16.4. The van der Waals surface area contributed by atoms with Crippen molar-refractivity contribution in [3.8, 4) is 11.3 Å². The predicted octanol–water partition coefficient (Wildman–Crippen LogP) is 3.74. The topological polar surface area (TPSA) is 73.6 Å². The quantitative estimate of drug-likeness (QED) is 0.536. The Labute approximate surface area is 138 Å². The maximum absolute atomic E-state index is 12.3. The highest BCUT2D eigenvalue weighted by molar-refractivity contribution is 5.95. The van der Waals surface area contributed by atoms with Crippen LogP contribution in [0.15, 0.2) is 67.0 Å². The zero-order valence-electron chi connectivity index (χ0n) is 12.9. The molecule has 1 amide bonds. The van der Waals surface area contributed by atoms with Gasteiger partial charge in [-0.1, -0.05) is 30.3 Å². The van der Waals surface area contributed by atoms with Gasteiger partial charge in [0.15, 0.2) is 0 Å². The van der Waals surface area contributed by atoms with Crippen molar-refractivity contribution in [3.05, 3.63) is 72.6 Å². The van der Waals surface area contributed by atoms with E-state index in [-0.39, 0.29) is 5.91 Å². The van der Waals surface area contributed by atoms with E-state index in [9.17, 15) is 4.79 Å². The summed E-state index contributed by atoms with van der Waals surface area (Å²) < 4.78 is 0. The lowest BCUT2D eigenvalue weighted by atomic mass is 10.1. The van der Waals surface area contributed by atoms with E-state index in [1.807, 2.05) is 60.8 Å². The second kappa shape index (κ2) is 6.04. The summed E-state index contributed by atoms with van der Waals surface area (Å²) in [5, 5.41) is 10.9. The van der Waals surface area contributed by atoms with Crippen LogP contribution < -0.4 is 5.32 Å². The number of H-pyrrole nitrogens is 2. The molecule has 0 bridgehead atoms. The van der Waals surface area contributed by atoms with Crippen molar-refractivity contribution in [2.45, 2.75) is 6.42 Å². The molecule has 0 saturated carbocycles. The largest absolute Gasteiger partial charge is 0.361 e. The minimum absolute atomic E-state index is 0.0333. The van der Waals surface area contributed by atoms with Crippen LogP contribution in [-0.2, 0) is 11.2 Å². The van der Waals surface area contributed by atoms with Crippen LogP contribution in [-0.4, -0.2) is 21.1 Å². The number of benzene rings is 2. The van der Waals surface area contributed by atoms with Crippen molar-refractivity contribution in [1.29, 1.82) is 0 Å². The minimum Gasteiger partial charge on any atom is -0.361 e. The van der Waals surface area contributed by atoms with Crippen molar-refractivity contribution >= 4 is 22.5 Å². The van der Waals surface area contributed by atoms with E-state index in [0.717, 1.165) is 33.4 Å². The fourth-order valence-corrected chi connectivity index (χ4v) is 2.81. The van der Waals surface area contributed by atoms with Crippen LogP contribution in [0.2, 0.25) is 0 Å². The molecule has 0 aliphatic heterocycles. The highest BCUT2D eigenvalue weighted by Crippen LogP contribution is 2.20. The molecule has 0 radical (unpaired) electrons. The minimum atomic E-state index is -0.0333. The first-order chi connectivity index (χ1) is 11.8. The highest BCUT2D eigenvalue weighted by Gasteiger charge is 2.09. The highest BCUT2D eigenvalue weighted by atomic mass is 16.1. The number of anilines is 1. The summed E-state index contributed by atoms with van der Waals surface area (Å²) in [5.41, 5.74) is 4.80. The molecule has 24 heavy (non-hydrogen) atoms. The molecule has 2 aromatic heterocycles. The molecule has 2 aromatic carbocycles. The Balaban J connectivity index is 1.46. The van der Waals surface area contributed by atoms with Crippen molar-refractivity contribution in [2.75, 3.05) is 5.32 Å². The summed E-state index contributed by atoms with van der Waals surface area (Å²) in [6.07, 6.45) is 3.95. The second-order valence-electron chi connectivity index (χ2n) is 5.63. The van der Waals surface area contributed by atoms with Gasteiger partial charge in [-0.2, -0.15) is 5.10 Å². The van der Waals surface area contributed by atoms with E-state index in [1.54, 1.807) is 6.20 Å². The number of nitrogens with one attached hydrogen (secondary N) is 3. The van der Waals surface area contributed by atoms with Gasteiger partial charge in [0.25, 0.3) is 0 Å². The Morgan fingerprint density at radius 2 is 1.88 bits per heavy atom. The van der Waals surface area contributed by atoms with Gasteiger partial charge in [-0.25, -0.2) is 0 Å². The molecule has 0 saturated heterocycles. The number of para-hydroxylation sites is 1. The summed E-state index contributed by atoms with van der Waals surface area (Å²) in [7, 11) is 0. The standard InChI is InChI=1S/C19H16N4O/c24-19(11-14-12-20-18-4-2-1-3-16(14)18)22-15-7-5-13(6-8-15)17-9-10-21-23-17/h1-10,12,20H,11H2,(H,21,23)(H,22,24). The molecule has 0 aliphatic rings. The molecule has 0 fully saturated rings. The molecule has 0 unspecified atom stereocenters. The molecular weight excluding hydrogens is 300 g/mol. The van der Waals surface area contributed by atoms with Crippen LogP contribution in [0.3, 0.4) is 0 Å². The number of fused-ring (bicyclic) bond motifs is 1. The molecule has 4 rings (SSSR count). The fourth-order valence-electron chi connectivity index (χ4n) is 2.81. The molecule has 4 aromatic rings. The molecule has 5 nitrogen and oxygen atoms in total. The Morgan fingerprint density at radius 1 is 1.04 bits per heavy atom. The Hall–Kier alpha value is -3.34. The van der Waals surface area contributed by atoms with Crippen molar-refractivity contribution in [3.63, 3.8) is 0 Å². The number of aromatic nitrogens is 3. The smallest absolute Gasteiger partial charge is 0.228 e. The summed E-state index contributed by atoms with van der Waals surface area (Å²) in [6, 6.07) is 17.6. The predicted molar refractivity (Wildman–Crippen MR) is 94.7 cm³/mol. The van der Waals surface area contributed by atoms with Gasteiger partial charge in [0.2, 0.25) is 5.91 Å². The van der Waals surface area contributed by atoms with E-state index in [0.29, 0.717) is 6.42 Å². The van der Waals surface area contributed by atoms with Gasteiger partial charge in [-0.15, -0.1) is 0 Å². The SMILES string of the molecule is O=C(Cc1c[nH]c2ccccc12)Nc1ccc(-c2ccn[nH]2)cc1. The third-order valence-electron chi connectivity index (χ3n) is 4.01. The van der Waals surface area contributed by atoms with Gasteiger partial charge in [0, 0.05) is 29.0 Å². The van der Waals surface area contributed by atoms with Gasteiger partial charge in [0.05, 0.1) is 12.1 Å². The summed E-state index contributed by atoms with van der Waals surface area (Å²) in [5.74, 6) is -0.0333. The lowest BCUT2D eigenvalue weighted by Gasteiger charge is -2.06. The van der Waals surface area contributed by atoms with Crippen molar-refractivity contribution in [2.24, 2.45) is 0 Å². The van der Waals surface area contributed by atoms with Crippen LogP contribution in [0, 0.1) is 0 Å². The fraction of sp³-hybridized carbons (Fsp3) is 0.0526. The van der Waals surface area contributed by atoms with Gasteiger partial charge >= 0.3 is 0 Å².